The molecular weight excluding hydrogens is 196 g/mol. The van der Waals surface area contributed by atoms with Crippen LogP contribution in [0.5, 0.6) is 0 Å². The van der Waals surface area contributed by atoms with Crippen LogP contribution in [-0.4, -0.2) is 11.2 Å². The summed E-state index contributed by atoms with van der Waals surface area (Å²) in [5.74, 6) is 16.3. The predicted octanol–water partition coefficient (Wildman–Crippen LogP) is 2.45. The topological polar surface area (TPSA) is 20.2 Å². The Labute approximate surface area is 99.6 Å². The largest absolute Gasteiger partial charge is 0.380 e. The van der Waals surface area contributed by atoms with Gasteiger partial charge in [0.2, 0.25) is 0 Å². The minimum Gasteiger partial charge on any atom is -0.380 e. The second kappa shape index (κ2) is 5.65. The molecule has 86 valence electrons. The van der Waals surface area contributed by atoms with Gasteiger partial charge in [-0.3, -0.25) is 0 Å². The molecule has 0 aliphatic rings. The van der Waals surface area contributed by atoms with Crippen LogP contribution in [0.3, 0.4) is 0 Å². The van der Waals surface area contributed by atoms with E-state index in [2.05, 4.69) is 35.5 Å². The van der Waals surface area contributed by atoms with Crippen molar-refractivity contribution in [3.8, 4) is 35.5 Å². The molecule has 1 atom stereocenters. The molecule has 0 aromatic carbocycles. The molecule has 0 aromatic heterocycles. The van der Waals surface area contributed by atoms with Crippen molar-refractivity contribution in [2.24, 2.45) is 10.8 Å². The van der Waals surface area contributed by atoms with Crippen molar-refractivity contribution >= 4 is 0 Å². The van der Waals surface area contributed by atoms with Gasteiger partial charge in [-0.05, 0) is 49.9 Å². The highest BCUT2D eigenvalue weighted by Gasteiger charge is 2.19. The molecule has 0 aliphatic carbocycles. The van der Waals surface area contributed by atoms with E-state index in [0.717, 1.165) is 0 Å². The Bertz CT molecular complexity index is 397. The van der Waals surface area contributed by atoms with Gasteiger partial charge in [0.1, 0.15) is 6.10 Å². The van der Waals surface area contributed by atoms with Gasteiger partial charge in [-0.15, -0.1) is 0 Å². The fraction of sp³-hybridized carbons (Fsp3) is 0.600. The van der Waals surface area contributed by atoms with Crippen molar-refractivity contribution in [3.05, 3.63) is 0 Å². The van der Waals surface area contributed by atoms with Gasteiger partial charge in [-0.2, -0.15) is 0 Å². The first-order chi connectivity index (χ1) is 7.13. The number of aliphatic hydroxyl groups is 1. The van der Waals surface area contributed by atoms with Crippen molar-refractivity contribution < 1.29 is 5.11 Å². The molecule has 0 spiro atoms. The van der Waals surface area contributed by atoms with E-state index in [1.54, 1.807) is 0 Å². The summed E-state index contributed by atoms with van der Waals surface area (Å²) in [6.45, 7) is 11.9. The van der Waals surface area contributed by atoms with Crippen LogP contribution in [0, 0.1) is 46.4 Å². The zero-order valence-electron chi connectivity index (χ0n) is 11.0. The van der Waals surface area contributed by atoms with E-state index < -0.39 is 6.10 Å². The van der Waals surface area contributed by atoms with Crippen LogP contribution in [-0.2, 0) is 0 Å². The summed E-state index contributed by atoms with van der Waals surface area (Å²) in [5, 5.41) is 9.59. The maximum absolute atomic E-state index is 9.59. The molecule has 1 nitrogen and oxygen atoms in total. The van der Waals surface area contributed by atoms with E-state index in [9.17, 15) is 5.11 Å². The van der Waals surface area contributed by atoms with Crippen molar-refractivity contribution in [1.82, 2.24) is 0 Å². The minimum absolute atomic E-state index is 0.0347. The molecule has 0 fully saturated rings. The van der Waals surface area contributed by atoms with Gasteiger partial charge in [0.05, 0.1) is 0 Å². The smallest absolute Gasteiger partial charge is 0.120 e. The van der Waals surface area contributed by atoms with Gasteiger partial charge >= 0.3 is 0 Å². The highest BCUT2D eigenvalue weighted by molar-refractivity contribution is 5.37. The lowest BCUT2D eigenvalue weighted by atomic mass is 9.90. The second-order valence-electron chi connectivity index (χ2n) is 5.79. The normalized spacial score (nSPS) is 12.2. The zero-order chi connectivity index (χ0) is 12.8. The standard InChI is InChI=1S/C15H20O/c1-14(2,3)12-10-8-7-9-11-13(16)15(4,5)6/h13,16H,1-6H3. The molecule has 0 saturated carbocycles. The third kappa shape index (κ3) is 7.99. The highest BCUT2D eigenvalue weighted by Crippen LogP contribution is 2.17. The first-order valence-corrected chi connectivity index (χ1v) is 5.34. The molecule has 0 amide bonds. The number of rotatable bonds is 0. The van der Waals surface area contributed by atoms with Gasteiger partial charge in [-0.25, -0.2) is 0 Å². The van der Waals surface area contributed by atoms with Gasteiger partial charge < -0.3 is 5.11 Å². The third-order valence-electron chi connectivity index (χ3n) is 1.65. The van der Waals surface area contributed by atoms with E-state index >= 15 is 0 Å². The Morgan fingerprint density at radius 3 is 1.75 bits per heavy atom. The Morgan fingerprint density at radius 1 is 0.812 bits per heavy atom. The fourth-order valence-electron chi connectivity index (χ4n) is 0.602. The lowest BCUT2D eigenvalue weighted by molar-refractivity contribution is 0.114. The number of hydrogen-bond donors (Lipinski definition) is 1. The quantitative estimate of drug-likeness (QED) is 0.617. The van der Waals surface area contributed by atoms with Crippen LogP contribution >= 0.6 is 0 Å². The maximum atomic E-state index is 9.59. The van der Waals surface area contributed by atoms with Gasteiger partial charge in [-0.1, -0.05) is 32.6 Å². The summed E-state index contributed by atoms with van der Waals surface area (Å²) in [6, 6.07) is 0. The molecule has 0 saturated heterocycles. The summed E-state index contributed by atoms with van der Waals surface area (Å²) in [6.07, 6.45) is -0.655. The van der Waals surface area contributed by atoms with Gasteiger partial charge in [0.15, 0.2) is 0 Å². The molecular formula is C15H20O. The van der Waals surface area contributed by atoms with E-state index in [-0.39, 0.29) is 10.8 Å². The summed E-state index contributed by atoms with van der Waals surface area (Å²) >= 11 is 0. The molecule has 0 bridgehead atoms. The van der Waals surface area contributed by atoms with E-state index in [4.69, 9.17) is 0 Å². The average molecular weight is 216 g/mol. The lowest BCUT2D eigenvalue weighted by Crippen LogP contribution is -2.23. The number of aliphatic hydroxyl groups excluding tert-OH is 1. The molecule has 0 rings (SSSR count). The van der Waals surface area contributed by atoms with Crippen LogP contribution in [0.4, 0.5) is 0 Å². The molecule has 1 unspecified atom stereocenters. The molecule has 16 heavy (non-hydrogen) atoms. The summed E-state index contributed by atoms with van der Waals surface area (Å²) in [5.41, 5.74) is -0.265. The Kier molecular flexibility index (Phi) is 5.17. The average Bonchev–Trinajstić information content (AvgIpc) is 2.07. The zero-order valence-corrected chi connectivity index (χ0v) is 11.0. The van der Waals surface area contributed by atoms with Crippen molar-refractivity contribution in [3.63, 3.8) is 0 Å². The molecule has 0 aliphatic heterocycles. The van der Waals surface area contributed by atoms with Crippen LogP contribution in [0.1, 0.15) is 41.5 Å². The molecule has 1 heteroatoms. The van der Waals surface area contributed by atoms with E-state index in [1.165, 1.54) is 0 Å². The monoisotopic (exact) mass is 216 g/mol. The first kappa shape index (κ1) is 14.6. The fourth-order valence-corrected chi connectivity index (χ4v) is 0.602. The van der Waals surface area contributed by atoms with Crippen LogP contribution in [0.15, 0.2) is 0 Å². The summed E-state index contributed by atoms with van der Waals surface area (Å²) < 4.78 is 0. The van der Waals surface area contributed by atoms with Crippen molar-refractivity contribution in [2.45, 2.75) is 47.6 Å². The van der Waals surface area contributed by atoms with Gasteiger partial charge in [0, 0.05) is 5.41 Å². The summed E-state index contributed by atoms with van der Waals surface area (Å²) in [4.78, 5) is 0. The van der Waals surface area contributed by atoms with Gasteiger partial charge in [0.25, 0.3) is 0 Å². The summed E-state index contributed by atoms with van der Waals surface area (Å²) in [7, 11) is 0. The first-order valence-electron chi connectivity index (χ1n) is 5.34. The Morgan fingerprint density at radius 2 is 1.31 bits per heavy atom. The Hall–Kier alpha value is -1.36. The van der Waals surface area contributed by atoms with Crippen LogP contribution < -0.4 is 0 Å². The van der Waals surface area contributed by atoms with Crippen LogP contribution in [0.2, 0.25) is 0 Å². The molecule has 1 N–H and O–H groups in total. The van der Waals surface area contributed by atoms with Crippen LogP contribution in [0.25, 0.3) is 0 Å². The van der Waals surface area contributed by atoms with E-state index in [1.807, 2.05) is 41.5 Å². The molecule has 0 aromatic rings. The third-order valence-corrected chi connectivity index (χ3v) is 1.65. The minimum atomic E-state index is -0.655. The maximum Gasteiger partial charge on any atom is 0.120 e. The molecule has 0 radical (unpaired) electrons. The Balaban J connectivity index is 4.42. The lowest BCUT2D eigenvalue weighted by Gasteiger charge is -2.20. The van der Waals surface area contributed by atoms with Crippen molar-refractivity contribution in [2.75, 3.05) is 0 Å². The SMILES string of the molecule is CC(C)(C)C#CC#CC#CC(O)C(C)(C)C. The van der Waals surface area contributed by atoms with E-state index in [0.29, 0.717) is 0 Å². The predicted molar refractivity (Wildman–Crippen MR) is 68.2 cm³/mol. The highest BCUT2D eigenvalue weighted by atomic mass is 16.3. The second-order valence-corrected chi connectivity index (χ2v) is 5.79. The van der Waals surface area contributed by atoms with Crippen molar-refractivity contribution in [1.29, 1.82) is 0 Å². The molecule has 0 heterocycles. The number of hydrogen-bond acceptors (Lipinski definition) is 1.